The maximum absolute atomic E-state index is 11.8. The van der Waals surface area contributed by atoms with Crippen molar-refractivity contribution in [3.05, 3.63) is 53.6 Å². The summed E-state index contributed by atoms with van der Waals surface area (Å²) in [6.07, 6.45) is 1.86. The van der Waals surface area contributed by atoms with Gasteiger partial charge in [-0.15, -0.1) is 0 Å². The van der Waals surface area contributed by atoms with Gasteiger partial charge in [-0.25, -0.2) is 0 Å². The number of ether oxygens (including phenoxy) is 5. The lowest BCUT2D eigenvalue weighted by molar-refractivity contribution is -0.119. The average molecular weight is 584 g/mol. The van der Waals surface area contributed by atoms with E-state index >= 15 is 0 Å². The highest BCUT2D eigenvalue weighted by Crippen LogP contribution is 2.36. The Balaban J connectivity index is 1.44. The Kier molecular flexibility index (Phi) is 12.8. The van der Waals surface area contributed by atoms with Crippen LogP contribution >= 0.6 is 0 Å². The van der Waals surface area contributed by atoms with Crippen molar-refractivity contribution >= 4 is 11.6 Å². The second-order valence-electron chi connectivity index (χ2n) is 11.5. The molecule has 0 bridgehead atoms. The highest BCUT2D eigenvalue weighted by Gasteiger charge is 2.35. The molecule has 2 aliphatic rings. The molecule has 1 fully saturated rings. The lowest BCUT2D eigenvalue weighted by atomic mass is 9.79. The molecule has 0 spiro atoms. The van der Waals surface area contributed by atoms with Gasteiger partial charge in [0.25, 0.3) is 0 Å². The maximum Gasteiger partial charge on any atom is 0.216 e. The van der Waals surface area contributed by atoms with Crippen LogP contribution in [0.15, 0.2) is 42.5 Å². The number of benzene rings is 2. The Morgan fingerprint density at radius 1 is 1.12 bits per heavy atom. The normalized spacial score (nSPS) is 20.9. The molecule has 2 heterocycles. The van der Waals surface area contributed by atoms with Crippen LogP contribution < -0.4 is 25.0 Å². The third kappa shape index (κ3) is 9.33. The van der Waals surface area contributed by atoms with E-state index in [0.29, 0.717) is 32.3 Å². The van der Waals surface area contributed by atoms with Crippen LogP contribution in [0, 0.1) is 11.8 Å². The Morgan fingerprint density at radius 3 is 2.71 bits per heavy atom. The van der Waals surface area contributed by atoms with Gasteiger partial charge >= 0.3 is 0 Å². The summed E-state index contributed by atoms with van der Waals surface area (Å²) in [5, 5.41) is 6.57. The lowest BCUT2D eigenvalue weighted by Crippen LogP contribution is -2.50. The number of piperidine rings is 1. The summed E-state index contributed by atoms with van der Waals surface area (Å²) in [6.45, 7) is 11.0. The molecule has 0 saturated carbocycles. The number of nitrogens with zero attached hydrogens (tertiary/aromatic N) is 1. The minimum atomic E-state index is -0.0516. The molecule has 42 heavy (non-hydrogen) atoms. The summed E-state index contributed by atoms with van der Waals surface area (Å²) in [4.78, 5) is 14.1. The van der Waals surface area contributed by atoms with Gasteiger partial charge in [0.2, 0.25) is 5.91 Å². The molecule has 2 aromatic rings. The van der Waals surface area contributed by atoms with Crippen LogP contribution in [0.3, 0.4) is 0 Å². The summed E-state index contributed by atoms with van der Waals surface area (Å²) in [5.74, 6) is 2.54. The van der Waals surface area contributed by atoms with Crippen molar-refractivity contribution < 1.29 is 28.5 Å². The van der Waals surface area contributed by atoms with E-state index in [1.54, 1.807) is 21.1 Å². The Bertz CT molecular complexity index is 1100. The van der Waals surface area contributed by atoms with Crippen LogP contribution in [-0.4, -0.2) is 85.4 Å². The van der Waals surface area contributed by atoms with Crippen LogP contribution in [0.1, 0.15) is 43.7 Å². The molecule has 0 aliphatic carbocycles. The van der Waals surface area contributed by atoms with Gasteiger partial charge in [-0.2, -0.15) is 0 Å². The van der Waals surface area contributed by atoms with E-state index in [1.165, 1.54) is 5.56 Å². The molecule has 9 heteroatoms. The van der Waals surface area contributed by atoms with E-state index in [0.717, 1.165) is 75.0 Å². The van der Waals surface area contributed by atoms with Crippen molar-refractivity contribution in [3.63, 3.8) is 0 Å². The van der Waals surface area contributed by atoms with Gasteiger partial charge in [0, 0.05) is 66.5 Å². The zero-order valence-electron chi connectivity index (χ0n) is 25.7. The molecule has 232 valence electrons. The van der Waals surface area contributed by atoms with E-state index in [2.05, 4.69) is 52.8 Å². The second-order valence-corrected chi connectivity index (χ2v) is 11.5. The highest BCUT2D eigenvalue weighted by molar-refractivity contribution is 5.72. The van der Waals surface area contributed by atoms with Gasteiger partial charge in [-0.1, -0.05) is 25.1 Å². The van der Waals surface area contributed by atoms with E-state index in [-0.39, 0.29) is 23.8 Å². The largest absolute Gasteiger partial charge is 0.494 e. The second kappa shape index (κ2) is 16.7. The fraction of sp³-hybridized carbons (Fsp3) is 0.606. The van der Waals surface area contributed by atoms with Crippen molar-refractivity contribution in [1.29, 1.82) is 0 Å². The Labute approximate surface area is 251 Å². The molecule has 0 aromatic heterocycles. The average Bonchev–Trinajstić information content (AvgIpc) is 2.99. The minimum absolute atomic E-state index is 0.0189. The topological polar surface area (TPSA) is 90.5 Å². The van der Waals surface area contributed by atoms with Crippen molar-refractivity contribution in [2.45, 2.75) is 45.3 Å². The quantitative estimate of drug-likeness (QED) is 0.287. The molecule has 2 aromatic carbocycles. The number of hydrogen-bond donors (Lipinski definition) is 2. The predicted octanol–water partition coefficient (Wildman–Crippen LogP) is 4.00. The summed E-state index contributed by atoms with van der Waals surface area (Å²) in [7, 11) is 3.47. The van der Waals surface area contributed by atoms with Crippen LogP contribution in [0.2, 0.25) is 0 Å². The molecule has 2 N–H and O–H groups in total. The molecule has 4 atom stereocenters. The monoisotopic (exact) mass is 583 g/mol. The number of rotatable bonds is 16. The summed E-state index contributed by atoms with van der Waals surface area (Å²) in [5.41, 5.74) is 3.43. The molecular formula is C33H49N3O6. The minimum Gasteiger partial charge on any atom is -0.494 e. The standard InChI is InChI=1S/C33H49N3O6/c1-24(22-39-4)12-16-40-29-9-7-27(8-10-29)33-28(20-35-25(2)37)19-34-21-32(33)42-23-26-6-11-31-30(18-26)36(14-17-41-31)13-5-15-38-3/h6-11,18,24,28,32-34H,5,12-17,19-23H2,1-4H3,(H,35,37)/t24?,28-,32-,33-/m0/s1. The van der Waals surface area contributed by atoms with Crippen LogP contribution in [0.5, 0.6) is 11.5 Å². The first-order chi connectivity index (χ1) is 20.5. The van der Waals surface area contributed by atoms with Gasteiger partial charge in [0.15, 0.2) is 0 Å². The third-order valence-corrected chi connectivity index (χ3v) is 8.09. The van der Waals surface area contributed by atoms with Crippen LogP contribution in [-0.2, 0) is 25.6 Å². The molecule has 0 radical (unpaired) electrons. The number of hydrogen-bond acceptors (Lipinski definition) is 8. The summed E-state index contributed by atoms with van der Waals surface area (Å²) >= 11 is 0. The van der Waals surface area contributed by atoms with Gasteiger partial charge in [-0.3, -0.25) is 4.79 Å². The van der Waals surface area contributed by atoms with E-state index in [9.17, 15) is 4.79 Å². The van der Waals surface area contributed by atoms with Crippen LogP contribution in [0.25, 0.3) is 0 Å². The van der Waals surface area contributed by atoms with Crippen molar-refractivity contribution in [2.75, 3.05) is 78.3 Å². The molecule has 1 unspecified atom stereocenters. The van der Waals surface area contributed by atoms with Crippen molar-refractivity contribution in [3.8, 4) is 11.5 Å². The van der Waals surface area contributed by atoms with E-state index in [4.69, 9.17) is 23.7 Å². The predicted molar refractivity (Wildman–Crippen MR) is 165 cm³/mol. The highest BCUT2D eigenvalue weighted by atomic mass is 16.5. The van der Waals surface area contributed by atoms with Crippen molar-refractivity contribution in [1.82, 2.24) is 10.6 Å². The fourth-order valence-corrected chi connectivity index (χ4v) is 5.87. The number of methoxy groups -OCH3 is 2. The molecule has 2 aliphatic heterocycles. The van der Waals surface area contributed by atoms with Gasteiger partial charge < -0.3 is 39.2 Å². The van der Waals surface area contributed by atoms with Crippen molar-refractivity contribution in [2.24, 2.45) is 11.8 Å². The number of carbonyl (C=O) groups is 1. The summed E-state index contributed by atoms with van der Waals surface area (Å²) in [6, 6.07) is 14.7. The number of fused-ring (bicyclic) bond motifs is 1. The van der Waals surface area contributed by atoms with Gasteiger partial charge in [0.05, 0.1) is 31.5 Å². The first kappa shape index (κ1) is 32.1. The Hall–Kier alpha value is -2.85. The third-order valence-electron chi connectivity index (χ3n) is 8.09. The zero-order chi connectivity index (χ0) is 29.7. The first-order valence-electron chi connectivity index (χ1n) is 15.3. The van der Waals surface area contributed by atoms with E-state index < -0.39 is 0 Å². The van der Waals surface area contributed by atoms with Gasteiger partial charge in [-0.05, 0) is 60.1 Å². The number of amides is 1. The molecule has 1 saturated heterocycles. The number of nitrogens with one attached hydrogen (secondary N) is 2. The number of anilines is 1. The summed E-state index contributed by atoms with van der Waals surface area (Å²) < 4.78 is 29.1. The smallest absolute Gasteiger partial charge is 0.216 e. The molecular weight excluding hydrogens is 534 g/mol. The van der Waals surface area contributed by atoms with Crippen LogP contribution in [0.4, 0.5) is 5.69 Å². The molecule has 4 rings (SSSR count). The SMILES string of the molecule is COCCCN1CCOc2ccc(CO[C@H]3CNC[C@@H](CNC(C)=O)[C@@H]3c3ccc(OCCC(C)COC)cc3)cc21. The van der Waals surface area contributed by atoms with E-state index in [1.807, 2.05) is 12.1 Å². The zero-order valence-corrected chi connectivity index (χ0v) is 25.7. The molecule has 1 amide bonds. The van der Waals surface area contributed by atoms with Gasteiger partial charge in [0.1, 0.15) is 18.1 Å². The first-order valence-corrected chi connectivity index (χ1v) is 15.3. The lowest BCUT2D eigenvalue weighted by Gasteiger charge is -2.39. The maximum atomic E-state index is 11.8. The Morgan fingerprint density at radius 2 is 1.95 bits per heavy atom. The molecule has 9 nitrogen and oxygen atoms in total. The fourth-order valence-electron chi connectivity index (χ4n) is 5.87. The number of carbonyl (C=O) groups excluding carboxylic acids is 1.